The van der Waals surface area contributed by atoms with Crippen molar-refractivity contribution in [2.75, 3.05) is 26.2 Å². The van der Waals surface area contributed by atoms with E-state index in [2.05, 4.69) is 30.6 Å². The standard InChI is InChI=1S/C11H11ClN2.C6H5Cl.C5H11NO3.C5H12/c12-10-3-1-2-8(4-10)11-7-14-6-9(11)5-13;7-6-4-2-1-3-5-6;7-3-5(9)1-2-6-4-8;1-3-5-4-2/h1-4,9,11,14H,6-7H2;1-5H;4-5,7,9H,1-3H2,(H,6,8);3-5H2,1-2H3. The van der Waals surface area contributed by atoms with E-state index in [1.807, 2.05) is 54.6 Å². The molecule has 0 aromatic heterocycles. The van der Waals surface area contributed by atoms with Crippen LogP contribution in [0.1, 0.15) is 51.0 Å². The maximum absolute atomic E-state index is 9.62. The summed E-state index contributed by atoms with van der Waals surface area (Å²) in [5.41, 5.74) is 1.16. The average Bonchev–Trinajstić information content (AvgIpc) is 3.35. The molecule has 1 aliphatic rings. The Morgan fingerprint density at radius 2 is 1.77 bits per heavy atom. The number of aliphatic hydroxyl groups excluding tert-OH is 2. The summed E-state index contributed by atoms with van der Waals surface area (Å²) in [4.78, 5) is 9.62. The number of nitrogens with one attached hydrogen (secondary N) is 2. The van der Waals surface area contributed by atoms with Crippen molar-refractivity contribution in [2.24, 2.45) is 5.92 Å². The van der Waals surface area contributed by atoms with Gasteiger partial charge in [-0.1, -0.05) is 86.6 Å². The van der Waals surface area contributed by atoms with Crippen LogP contribution >= 0.6 is 23.2 Å². The van der Waals surface area contributed by atoms with Crippen LogP contribution < -0.4 is 10.6 Å². The zero-order valence-corrected chi connectivity index (χ0v) is 22.2. The van der Waals surface area contributed by atoms with Gasteiger partial charge < -0.3 is 20.8 Å². The van der Waals surface area contributed by atoms with Crippen LogP contribution in [0, 0.1) is 17.2 Å². The minimum absolute atomic E-state index is 0.0773. The van der Waals surface area contributed by atoms with Crippen LogP contribution in [-0.4, -0.2) is 49.0 Å². The lowest BCUT2D eigenvalue weighted by Crippen LogP contribution is -2.21. The number of rotatable bonds is 8. The Labute approximate surface area is 220 Å². The van der Waals surface area contributed by atoms with Gasteiger partial charge in [-0.25, -0.2) is 0 Å². The third-order valence-electron chi connectivity index (χ3n) is 5.01. The first-order chi connectivity index (χ1) is 16.9. The number of carbonyl (C=O) groups excluding carboxylic acids is 1. The van der Waals surface area contributed by atoms with Crippen LogP contribution in [-0.2, 0) is 4.79 Å². The summed E-state index contributed by atoms with van der Waals surface area (Å²) < 4.78 is 0. The van der Waals surface area contributed by atoms with E-state index in [4.69, 9.17) is 38.7 Å². The van der Waals surface area contributed by atoms with Crippen molar-refractivity contribution in [1.29, 1.82) is 5.26 Å². The van der Waals surface area contributed by atoms with Gasteiger partial charge in [-0.15, -0.1) is 0 Å². The molecule has 1 fully saturated rings. The highest BCUT2D eigenvalue weighted by Gasteiger charge is 2.28. The zero-order chi connectivity index (χ0) is 26.3. The van der Waals surface area contributed by atoms with Crippen LogP contribution in [0.4, 0.5) is 0 Å². The largest absolute Gasteiger partial charge is 0.394 e. The van der Waals surface area contributed by atoms with E-state index >= 15 is 0 Å². The second kappa shape index (κ2) is 22.3. The van der Waals surface area contributed by atoms with Crippen LogP contribution in [0.2, 0.25) is 10.0 Å². The molecule has 0 bridgehead atoms. The molecule has 1 aliphatic heterocycles. The second-order valence-electron chi connectivity index (χ2n) is 7.90. The van der Waals surface area contributed by atoms with Crippen molar-refractivity contribution in [3.63, 3.8) is 0 Å². The molecular formula is C27H39Cl2N3O3. The summed E-state index contributed by atoms with van der Waals surface area (Å²) in [5.74, 6) is 0.368. The Bertz CT molecular complexity index is 817. The first kappa shape index (κ1) is 32.9. The third-order valence-corrected chi connectivity index (χ3v) is 5.50. The lowest BCUT2D eigenvalue weighted by molar-refractivity contribution is -0.109. The topological polar surface area (TPSA) is 105 Å². The van der Waals surface area contributed by atoms with Gasteiger partial charge in [0.1, 0.15) is 0 Å². The maximum Gasteiger partial charge on any atom is 0.207 e. The summed E-state index contributed by atoms with van der Waals surface area (Å²) >= 11 is 11.5. The van der Waals surface area contributed by atoms with Crippen molar-refractivity contribution >= 4 is 29.6 Å². The molecule has 194 valence electrons. The second-order valence-corrected chi connectivity index (χ2v) is 8.77. The average molecular weight is 525 g/mol. The van der Waals surface area contributed by atoms with Crippen LogP contribution in [0.5, 0.6) is 0 Å². The number of aliphatic hydroxyl groups is 2. The Morgan fingerprint density at radius 1 is 1.11 bits per heavy atom. The van der Waals surface area contributed by atoms with Gasteiger partial charge in [0.05, 0.1) is 24.7 Å². The molecule has 0 saturated carbocycles. The van der Waals surface area contributed by atoms with Crippen molar-refractivity contribution in [3.8, 4) is 6.07 Å². The summed E-state index contributed by atoms with van der Waals surface area (Å²) in [6.45, 7) is 6.24. The van der Waals surface area contributed by atoms with Gasteiger partial charge in [0.2, 0.25) is 6.41 Å². The zero-order valence-electron chi connectivity index (χ0n) is 20.7. The van der Waals surface area contributed by atoms with Crippen molar-refractivity contribution in [2.45, 2.75) is 51.6 Å². The highest BCUT2D eigenvalue weighted by Crippen LogP contribution is 2.28. The molecule has 0 spiro atoms. The number of unbranched alkanes of at least 4 members (excludes halogenated alkanes) is 2. The first-order valence-electron chi connectivity index (χ1n) is 12.0. The summed E-state index contributed by atoms with van der Waals surface area (Å²) in [5, 5.41) is 33.0. The molecule has 0 radical (unpaired) electrons. The van der Waals surface area contributed by atoms with Gasteiger partial charge in [0, 0.05) is 35.6 Å². The van der Waals surface area contributed by atoms with Crippen LogP contribution in [0.15, 0.2) is 54.6 Å². The van der Waals surface area contributed by atoms with Gasteiger partial charge in [0.15, 0.2) is 0 Å². The SMILES string of the molecule is CCCCC.Clc1ccccc1.N#CC1CNCC1c1cccc(Cl)c1.O=CNCCC(O)CO. The van der Waals surface area contributed by atoms with Gasteiger partial charge in [-0.2, -0.15) is 5.26 Å². The quantitative estimate of drug-likeness (QED) is 0.281. The molecule has 3 atom stereocenters. The fraction of sp³-hybridized carbons (Fsp3) is 0.481. The van der Waals surface area contributed by atoms with Crippen LogP contribution in [0.3, 0.4) is 0 Å². The molecule has 0 aliphatic carbocycles. The molecule has 35 heavy (non-hydrogen) atoms. The van der Waals surface area contributed by atoms with Gasteiger partial charge >= 0.3 is 0 Å². The number of hydrogen-bond donors (Lipinski definition) is 4. The first-order valence-corrected chi connectivity index (χ1v) is 12.7. The third kappa shape index (κ3) is 17.0. The summed E-state index contributed by atoms with van der Waals surface area (Å²) in [6.07, 6.45) is 4.32. The lowest BCUT2D eigenvalue weighted by atomic mass is 9.90. The van der Waals surface area contributed by atoms with Gasteiger partial charge in [-0.05, 0) is 36.2 Å². The highest BCUT2D eigenvalue weighted by atomic mass is 35.5. The fourth-order valence-corrected chi connectivity index (χ4v) is 3.41. The van der Waals surface area contributed by atoms with E-state index in [9.17, 15) is 4.79 Å². The van der Waals surface area contributed by atoms with E-state index in [-0.39, 0.29) is 12.5 Å². The normalized spacial score (nSPS) is 16.6. The molecule has 4 N–H and O–H groups in total. The number of amides is 1. The Morgan fingerprint density at radius 3 is 2.23 bits per heavy atom. The molecular weight excluding hydrogens is 485 g/mol. The monoisotopic (exact) mass is 523 g/mol. The number of carbonyl (C=O) groups is 1. The smallest absolute Gasteiger partial charge is 0.207 e. The van der Waals surface area contributed by atoms with E-state index in [1.165, 1.54) is 19.3 Å². The van der Waals surface area contributed by atoms with Crippen LogP contribution in [0.25, 0.3) is 0 Å². The highest BCUT2D eigenvalue weighted by molar-refractivity contribution is 6.30. The molecule has 3 rings (SSSR count). The Kier molecular flexibility index (Phi) is 21.0. The molecule has 1 heterocycles. The molecule has 1 amide bonds. The molecule has 1 saturated heterocycles. The number of nitrogens with zero attached hydrogens (tertiary/aromatic N) is 1. The lowest BCUT2D eigenvalue weighted by Gasteiger charge is -2.12. The minimum atomic E-state index is -0.711. The number of hydrogen-bond acceptors (Lipinski definition) is 5. The Hall–Kier alpha value is -2.14. The maximum atomic E-state index is 9.62. The van der Waals surface area contributed by atoms with Gasteiger partial charge in [-0.3, -0.25) is 4.79 Å². The van der Waals surface area contributed by atoms with E-state index < -0.39 is 6.10 Å². The molecule has 8 heteroatoms. The Balaban J connectivity index is 0.000000478. The minimum Gasteiger partial charge on any atom is -0.394 e. The number of nitriles is 1. The molecule has 3 unspecified atom stereocenters. The molecule has 2 aromatic carbocycles. The number of benzene rings is 2. The summed E-state index contributed by atoms with van der Waals surface area (Å²) in [6, 6.07) is 19.5. The molecule has 6 nitrogen and oxygen atoms in total. The van der Waals surface area contributed by atoms with E-state index in [0.717, 1.165) is 28.7 Å². The van der Waals surface area contributed by atoms with E-state index in [0.29, 0.717) is 25.3 Å². The predicted molar refractivity (Wildman–Crippen MR) is 145 cm³/mol. The van der Waals surface area contributed by atoms with Crippen molar-refractivity contribution < 1.29 is 15.0 Å². The fourth-order valence-electron chi connectivity index (χ4n) is 3.07. The number of halogens is 2. The van der Waals surface area contributed by atoms with Gasteiger partial charge in [0.25, 0.3) is 0 Å². The summed E-state index contributed by atoms with van der Waals surface area (Å²) in [7, 11) is 0. The van der Waals surface area contributed by atoms with Crippen molar-refractivity contribution in [1.82, 2.24) is 10.6 Å². The predicted octanol–water partition coefficient (Wildman–Crippen LogP) is 5.18. The molecule has 2 aromatic rings. The van der Waals surface area contributed by atoms with Crippen molar-refractivity contribution in [3.05, 3.63) is 70.2 Å². The van der Waals surface area contributed by atoms with E-state index in [1.54, 1.807) is 0 Å².